The van der Waals surface area contributed by atoms with E-state index in [4.69, 9.17) is 4.99 Å². The lowest BCUT2D eigenvalue weighted by molar-refractivity contribution is -0.116. The third kappa shape index (κ3) is 7.98. The van der Waals surface area contributed by atoms with Crippen LogP contribution in [0.2, 0.25) is 0 Å². The highest BCUT2D eigenvalue weighted by Crippen LogP contribution is 2.32. The van der Waals surface area contributed by atoms with Crippen LogP contribution in [-0.2, 0) is 4.79 Å². The summed E-state index contributed by atoms with van der Waals surface area (Å²) in [5.41, 5.74) is 1.42. The Labute approximate surface area is 158 Å². The first kappa shape index (κ1) is 22.3. The number of carbonyl (C=O) groups excluding carboxylic acids is 1. The highest BCUT2D eigenvalue weighted by molar-refractivity contribution is 7.99. The molecule has 1 fully saturated rings. The number of nitrogens with zero attached hydrogens (tertiary/aromatic N) is 1. The Bertz CT molecular complexity index is 471. The van der Waals surface area contributed by atoms with Gasteiger partial charge in [-0.3, -0.25) is 9.79 Å². The molecule has 1 saturated carbocycles. The Kier molecular flexibility index (Phi) is 11.2. The van der Waals surface area contributed by atoms with Gasteiger partial charge in [0.25, 0.3) is 0 Å². The predicted molar refractivity (Wildman–Crippen MR) is 111 cm³/mol. The number of hydrogen-bond donors (Lipinski definition) is 1. The van der Waals surface area contributed by atoms with E-state index in [9.17, 15) is 9.90 Å². The van der Waals surface area contributed by atoms with Crippen LogP contribution in [0.1, 0.15) is 85.5 Å². The van der Waals surface area contributed by atoms with Crippen molar-refractivity contribution in [3.05, 3.63) is 11.3 Å². The molecule has 0 aromatic heterocycles. The van der Waals surface area contributed by atoms with Crippen molar-refractivity contribution in [2.75, 3.05) is 12.3 Å². The van der Waals surface area contributed by atoms with Gasteiger partial charge < -0.3 is 5.11 Å². The monoisotopic (exact) mass is 367 g/mol. The molecular formula is C21H37NO2S. The average molecular weight is 368 g/mol. The second kappa shape index (κ2) is 12.6. The number of aliphatic hydroxyl groups is 1. The summed E-state index contributed by atoms with van der Waals surface area (Å²) in [6, 6.07) is 0. The predicted octanol–water partition coefficient (Wildman–Crippen LogP) is 6.13. The van der Waals surface area contributed by atoms with E-state index in [1.54, 1.807) is 0 Å². The molecule has 1 aliphatic carbocycles. The standard InChI is InChI=1S/C21H37NO2S/c1-5-8-9-10-12-22-18-14-17(13-16(4)25-7-3)15-20(24)21(18)19(23)11-6-2/h16-17,23H,5-15H2,1-4H3/b21-19+,22-18?. The first-order chi connectivity index (χ1) is 12.0. The van der Waals surface area contributed by atoms with E-state index in [1.807, 2.05) is 18.7 Å². The first-order valence-electron chi connectivity index (χ1n) is 10.1. The molecule has 1 N–H and O–H groups in total. The SMILES string of the molecule is CCCCCCN=C1CC(CC(C)SCC)CC(=O)/C1=C(/O)CCC. The molecule has 0 radical (unpaired) electrons. The van der Waals surface area contributed by atoms with E-state index in [-0.39, 0.29) is 11.5 Å². The molecule has 0 aromatic carbocycles. The van der Waals surface area contributed by atoms with E-state index in [2.05, 4.69) is 20.8 Å². The number of thioether (sulfide) groups is 1. The molecule has 0 saturated heterocycles. The van der Waals surface area contributed by atoms with E-state index in [1.165, 1.54) is 19.3 Å². The quantitative estimate of drug-likeness (QED) is 0.271. The molecule has 2 atom stereocenters. The maximum absolute atomic E-state index is 12.7. The number of allylic oxidation sites excluding steroid dienone is 2. The van der Waals surface area contributed by atoms with Crippen LogP contribution in [0.3, 0.4) is 0 Å². The Morgan fingerprint density at radius 3 is 2.60 bits per heavy atom. The van der Waals surface area contributed by atoms with Crippen LogP contribution in [0.5, 0.6) is 0 Å². The Morgan fingerprint density at radius 1 is 1.20 bits per heavy atom. The average Bonchev–Trinajstić information content (AvgIpc) is 2.54. The van der Waals surface area contributed by atoms with Gasteiger partial charge in [-0.25, -0.2) is 0 Å². The lowest BCUT2D eigenvalue weighted by atomic mass is 9.80. The summed E-state index contributed by atoms with van der Waals surface area (Å²) in [6.45, 7) is 9.44. The number of Topliss-reactive ketones (excluding diaryl/α,β-unsaturated/α-hetero) is 1. The van der Waals surface area contributed by atoms with Crippen LogP contribution in [-0.4, -0.2) is 34.1 Å². The Hall–Kier alpha value is -0.770. The zero-order chi connectivity index (χ0) is 18.7. The first-order valence-corrected chi connectivity index (χ1v) is 11.2. The highest BCUT2D eigenvalue weighted by Gasteiger charge is 2.31. The summed E-state index contributed by atoms with van der Waals surface area (Å²) < 4.78 is 0. The van der Waals surface area contributed by atoms with Crippen molar-refractivity contribution in [1.29, 1.82) is 0 Å². The van der Waals surface area contributed by atoms with E-state index in [0.29, 0.717) is 29.6 Å². The lowest BCUT2D eigenvalue weighted by Crippen LogP contribution is -2.29. The van der Waals surface area contributed by atoms with Gasteiger partial charge in [-0.1, -0.05) is 47.0 Å². The van der Waals surface area contributed by atoms with Crippen LogP contribution in [0.4, 0.5) is 0 Å². The van der Waals surface area contributed by atoms with Gasteiger partial charge in [-0.05, 0) is 37.4 Å². The third-order valence-corrected chi connectivity index (χ3v) is 5.82. The fraction of sp³-hybridized carbons (Fsp3) is 0.810. The smallest absolute Gasteiger partial charge is 0.168 e. The van der Waals surface area contributed by atoms with Gasteiger partial charge >= 0.3 is 0 Å². The number of unbranched alkanes of at least 4 members (excludes halogenated alkanes) is 3. The van der Waals surface area contributed by atoms with Crippen LogP contribution < -0.4 is 0 Å². The maximum atomic E-state index is 12.7. The van der Waals surface area contributed by atoms with Crippen molar-refractivity contribution in [3.8, 4) is 0 Å². The zero-order valence-corrected chi connectivity index (χ0v) is 17.5. The normalized spacial score (nSPS) is 23.1. The number of ketones is 1. The second-order valence-electron chi connectivity index (χ2n) is 7.16. The molecule has 0 spiro atoms. The molecule has 1 rings (SSSR count). The van der Waals surface area contributed by atoms with Crippen molar-refractivity contribution < 1.29 is 9.90 Å². The molecule has 144 valence electrons. The van der Waals surface area contributed by atoms with E-state index >= 15 is 0 Å². The summed E-state index contributed by atoms with van der Waals surface area (Å²) in [5, 5.41) is 11.0. The summed E-state index contributed by atoms with van der Waals surface area (Å²) >= 11 is 1.96. The molecule has 3 nitrogen and oxygen atoms in total. The molecule has 0 aromatic rings. The minimum absolute atomic E-state index is 0.100. The van der Waals surface area contributed by atoms with Crippen molar-refractivity contribution >= 4 is 23.3 Å². The van der Waals surface area contributed by atoms with Crippen molar-refractivity contribution in [2.24, 2.45) is 10.9 Å². The maximum Gasteiger partial charge on any atom is 0.168 e. The van der Waals surface area contributed by atoms with Gasteiger partial charge in [0.05, 0.1) is 5.57 Å². The molecule has 1 aliphatic rings. The largest absolute Gasteiger partial charge is 0.511 e. The summed E-state index contributed by atoms with van der Waals surface area (Å²) in [6.07, 6.45) is 8.59. The summed E-state index contributed by atoms with van der Waals surface area (Å²) in [5.74, 6) is 1.84. The van der Waals surface area contributed by atoms with Crippen LogP contribution in [0, 0.1) is 5.92 Å². The van der Waals surface area contributed by atoms with Gasteiger partial charge in [0.2, 0.25) is 0 Å². The number of aliphatic imine (C=N–C) groups is 1. The van der Waals surface area contributed by atoms with Gasteiger partial charge in [-0.15, -0.1) is 0 Å². The number of carbonyl (C=O) groups is 1. The van der Waals surface area contributed by atoms with E-state index < -0.39 is 0 Å². The number of hydrogen-bond acceptors (Lipinski definition) is 4. The van der Waals surface area contributed by atoms with Gasteiger partial charge in [0.1, 0.15) is 5.76 Å². The molecule has 0 bridgehead atoms. The molecule has 0 amide bonds. The molecule has 2 unspecified atom stereocenters. The third-order valence-electron chi connectivity index (χ3n) is 4.73. The molecular weight excluding hydrogens is 330 g/mol. The van der Waals surface area contributed by atoms with Crippen LogP contribution in [0.25, 0.3) is 0 Å². The van der Waals surface area contributed by atoms with Crippen molar-refractivity contribution in [2.45, 2.75) is 90.7 Å². The fourth-order valence-corrected chi connectivity index (χ4v) is 4.52. The van der Waals surface area contributed by atoms with Gasteiger partial charge in [0.15, 0.2) is 5.78 Å². The molecule has 4 heteroatoms. The molecule has 0 heterocycles. The minimum atomic E-state index is 0.100. The summed E-state index contributed by atoms with van der Waals surface area (Å²) in [4.78, 5) is 17.5. The summed E-state index contributed by atoms with van der Waals surface area (Å²) in [7, 11) is 0. The molecule has 25 heavy (non-hydrogen) atoms. The number of aliphatic hydroxyl groups excluding tert-OH is 1. The number of rotatable bonds is 11. The Balaban J connectivity index is 2.85. The highest BCUT2D eigenvalue weighted by atomic mass is 32.2. The minimum Gasteiger partial charge on any atom is -0.511 e. The second-order valence-corrected chi connectivity index (χ2v) is 8.88. The lowest BCUT2D eigenvalue weighted by Gasteiger charge is -2.27. The molecule has 0 aliphatic heterocycles. The van der Waals surface area contributed by atoms with Crippen molar-refractivity contribution in [3.63, 3.8) is 0 Å². The van der Waals surface area contributed by atoms with Gasteiger partial charge in [0, 0.05) is 30.3 Å². The topological polar surface area (TPSA) is 49.7 Å². The Morgan fingerprint density at radius 2 is 1.96 bits per heavy atom. The van der Waals surface area contributed by atoms with E-state index in [0.717, 1.165) is 43.7 Å². The fourth-order valence-electron chi connectivity index (χ4n) is 3.55. The van der Waals surface area contributed by atoms with Gasteiger partial charge in [-0.2, -0.15) is 11.8 Å². The van der Waals surface area contributed by atoms with Crippen LogP contribution in [0.15, 0.2) is 16.3 Å². The van der Waals surface area contributed by atoms with Crippen LogP contribution >= 0.6 is 11.8 Å². The van der Waals surface area contributed by atoms with Crippen molar-refractivity contribution in [1.82, 2.24) is 0 Å². The zero-order valence-electron chi connectivity index (χ0n) is 16.6.